The van der Waals surface area contributed by atoms with Crippen LogP contribution in [0.15, 0.2) is 48.5 Å². The van der Waals surface area contributed by atoms with Crippen LogP contribution in [0.5, 0.6) is 11.5 Å². The van der Waals surface area contributed by atoms with Gasteiger partial charge in [0.1, 0.15) is 11.5 Å². The smallest absolute Gasteiger partial charge is 0.275 e. The summed E-state index contributed by atoms with van der Waals surface area (Å²) < 4.78 is 11.1. The molecule has 7 heteroatoms. The molecule has 0 spiro atoms. The van der Waals surface area contributed by atoms with Gasteiger partial charge in [0.25, 0.3) is 17.9 Å². The van der Waals surface area contributed by atoms with E-state index in [2.05, 4.69) is 10.2 Å². The van der Waals surface area contributed by atoms with E-state index in [-0.39, 0.29) is 5.91 Å². The quantitative estimate of drug-likeness (QED) is 0.837. The average Bonchev–Trinajstić information content (AvgIpc) is 2.73. The minimum Gasteiger partial charge on any atom is -0.495 e. The zero-order valence-electron chi connectivity index (χ0n) is 15.1. The monoisotopic (exact) mass is 367 g/mol. The lowest BCUT2D eigenvalue weighted by molar-refractivity contribution is -0.145. The predicted octanol–water partition coefficient (Wildman–Crippen LogP) is 1.74. The molecule has 4 rings (SSSR count). The standard InChI is InChI=1S/C20H21N3O4/c1-26-17-9-5-3-7-15(17)22-10-12-23(13-11-22)20(25)18-19(24)21-14-6-2-4-8-16(14)27-18/h2-9,18H,10-13H2,1H3,(H,21,24). The molecule has 2 aliphatic rings. The Kier molecular flexibility index (Phi) is 4.58. The molecule has 2 aromatic rings. The molecule has 2 amide bonds. The number of piperazine rings is 1. The first-order valence-electron chi connectivity index (χ1n) is 8.90. The van der Waals surface area contributed by atoms with Crippen LogP contribution < -0.4 is 19.7 Å². The van der Waals surface area contributed by atoms with Gasteiger partial charge in [-0.05, 0) is 24.3 Å². The summed E-state index contributed by atoms with van der Waals surface area (Å²) in [6.07, 6.45) is -1.14. The summed E-state index contributed by atoms with van der Waals surface area (Å²) in [4.78, 5) is 29.0. The molecule has 0 radical (unpaired) electrons. The molecule has 140 valence electrons. The summed E-state index contributed by atoms with van der Waals surface area (Å²) >= 11 is 0. The fourth-order valence-corrected chi connectivity index (χ4v) is 3.44. The number of hydrogen-bond acceptors (Lipinski definition) is 5. The lowest BCUT2D eigenvalue weighted by atomic mass is 10.1. The second-order valence-electron chi connectivity index (χ2n) is 6.47. The highest BCUT2D eigenvalue weighted by atomic mass is 16.5. The zero-order chi connectivity index (χ0) is 18.8. The molecule has 0 aromatic heterocycles. The summed E-state index contributed by atoms with van der Waals surface area (Å²) in [7, 11) is 1.65. The number of amides is 2. The molecule has 0 saturated carbocycles. The van der Waals surface area contributed by atoms with Crippen molar-refractivity contribution in [3.8, 4) is 11.5 Å². The SMILES string of the molecule is COc1ccccc1N1CCN(C(=O)C2Oc3ccccc3NC2=O)CC1. The molecule has 7 nitrogen and oxygen atoms in total. The van der Waals surface area contributed by atoms with Gasteiger partial charge in [-0.1, -0.05) is 24.3 Å². The minimum absolute atomic E-state index is 0.304. The lowest BCUT2D eigenvalue weighted by Gasteiger charge is -2.38. The molecule has 1 unspecified atom stereocenters. The number of rotatable bonds is 3. The Hall–Kier alpha value is -3.22. The Morgan fingerprint density at radius 3 is 2.56 bits per heavy atom. The molecule has 0 aliphatic carbocycles. The van der Waals surface area contributed by atoms with Gasteiger partial charge in [-0.25, -0.2) is 0 Å². The molecule has 1 fully saturated rings. The number of para-hydroxylation sites is 4. The van der Waals surface area contributed by atoms with Crippen LogP contribution in [0.3, 0.4) is 0 Å². The number of ether oxygens (including phenoxy) is 2. The summed E-state index contributed by atoms with van der Waals surface area (Å²) in [5, 5.41) is 2.74. The van der Waals surface area contributed by atoms with Gasteiger partial charge in [-0.15, -0.1) is 0 Å². The van der Waals surface area contributed by atoms with Crippen molar-refractivity contribution in [2.24, 2.45) is 0 Å². The fraction of sp³-hybridized carbons (Fsp3) is 0.300. The van der Waals surface area contributed by atoms with E-state index in [1.807, 2.05) is 36.4 Å². The highest BCUT2D eigenvalue weighted by Gasteiger charge is 2.37. The molecule has 1 N–H and O–H groups in total. The minimum atomic E-state index is -1.14. The number of benzene rings is 2. The maximum atomic E-state index is 12.8. The Morgan fingerprint density at radius 2 is 1.78 bits per heavy atom. The first-order chi connectivity index (χ1) is 13.2. The summed E-state index contributed by atoms with van der Waals surface area (Å²) in [6, 6.07) is 14.9. The van der Waals surface area contributed by atoms with Crippen LogP contribution in [0.25, 0.3) is 0 Å². The van der Waals surface area contributed by atoms with Crippen LogP contribution in [0.1, 0.15) is 0 Å². The Morgan fingerprint density at radius 1 is 1.07 bits per heavy atom. The highest BCUT2D eigenvalue weighted by molar-refractivity contribution is 6.11. The third-order valence-corrected chi connectivity index (χ3v) is 4.87. The van der Waals surface area contributed by atoms with Gasteiger partial charge in [0, 0.05) is 26.2 Å². The predicted molar refractivity (Wildman–Crippen MR) is 101 cm³/mol. The summed E-state index contributed by atoms with van der Waals surface area (Å²) in [6.45, 7) is 2.37. The molecular formula is C20H21N3O4. The third-order valence-electron chi connectivity index (χ3n) is 4.87. The van der Waals surface area contributed by atoms with Gasteiger partial charge in [0.2, 0.25) is 0 Å². The van der Waals surface area contributed by atoms with Crippen molar-refractivity contribution in [1.29, 1.82) is 0 Å². The molecule has 1 atom stereocenters. The van der Waals surface area contributed by atoms with E-state index in [0.29, 0.717) is 37.6 Å². The van der Waals surface area contributed by atoms with Gasteiger partial charge in [0.05, 0.1) is 18.5 Å². The van der Waals surface area contributed by atoms with E-state index < -0.39 is 12.0 Å². The van der Waals surface area contributed by atoms with Crippen LogP contribution in [-0.4, -0.2) is 56.1 Å². The first-order valence-corrected chi connectivity index (χ1v) is 8.90. The molecule has 2 aliphatic heterocycles. The van der Waals surface area contributed by atoms with Crippen LogP contribution in [0.2, 0.25) is 0 Å². The number of methoxy groups -OCH3 is 1. The first kappa shape index (κ1) is 17.2. The third kappa shape index (κ3) is 3.28. The Balaban J connectivity index is 1.42. The molecule has 2 aromatic carbocycles. The second-order valence-corrected chi connectivity index (χ2v) is 6.47. The maximum Gasteiger partial charge on any atom is 0.275 e. The number of nitrogens with one attached hydrogen (secondary N) is 1. The summed E-state index contributed by atoms with van der Waals surface area (Å²) in [5.41, 5.74) is 1.60. The van der Waals surface area contributed by atoms with E-state index >= 15 is 0 Å². The Labute approximate surface area is 157 Å². The Bertz CT molecular complexity index is 862. The second kappa shape index (κ2) is 7.19. The molecular weight excluding hydrogens is 346 g/mol. The normalized spacial score (nSPS) is 19.0. The maximum absolute atomic E-state index is 12.8. The largest absolute Gasteiger partial charge is 0.495 e. The topological polar surface area (TPSA) is 71.1 Å². The van der Waals surface area contributed by atoms with Crippen molar-refractivity contribution < 1.29 is 19.1 Å². The van der Waals surface area contributed by atoms with Crippen LogP contribution in [-0.2, 0) is 9.59 Å². The number of nitrogens with zero attached hydrogens (tertiary/aromatic N) is 2. The van der Waals surface area contributed by atoms with E-state index in [1.54, 1.807) is 24.1 Å². The van der Waals surface area contributed by atoms with Crippen molar-refractivity contribution in [2.45, 2.75) is 6.10 Å². The van der Waals surface area contributed by atoms with Crippen LogP contribution >= 0.6 is 0 Å². The highest BCUT2D eigenvalue weighted by Crippen LogP contribution is 2.30. The zero-order valence-corrected chi connectivity index (χ0v) is 15.1. The average molecular weight is 367 g/mol. The van der Waals surface area contributed by atoms with Crippen molar-refractivity contribution in [3.05, 3.63) is 48.5 Å². The van der Waals surface area contributed by atoms with Gasteiger partial charge < -0.3 is 24.6 Å². The number of hydrogen-bond donors (Lipinski definition) is 1. The van der Waals surface area contributed by atoms with E-state index in [1.165, 1.54) is 0 Å². The van der Waals surface area contributed by atoms with E-state index in [4.69, 9.17) is 9.47 Å². The van der Waals surface area contributed by atoms with Crippen molar-refractivity contribution >= 4 is 23.2 Å². The van der Waals surface area contributed by atoms with Crippen molar-refractivity contribution in [1.82, 2.24) is 4.90 Å². The van der Waals surface area contributed by atoms with E-state index in [0.717, 1.165) is 11.4 Å². The fourth-order valence-electron chi connectivity index (χ4n) is 3.44. The number of anilines is 2. The molecule has 1 saturated heterocycles. The van der Waals surface area contributed by atoms with Crippen LogP contribution in [0, 0.1) is 0 Å². The lowest BCUT2D eigenvalue weighted by Crippen LogP contribution is -2.56. The van der Waals surface area contributed by atoms with Crippen molar-refractivity contribution in [3.63, 3.8) is 0 Å². The number of carbonyl (C=O) groups is 2. The summed E-state index contributed by atoms with van der Waals surface area (Å²) in [5.74, 6) is 0.597. The van der Waals surface area contributed by atoms with Gasteiger partial charge >= 0.3 is 0 Å². The van der Waals surface area contributed by atoms with Crippen molar-refractivity contribution in [2.75, 3.05) is 43.5 Å². The van der Waals surface area contributed by atoms with E-state index in [9.17, 15) is 9.59 Å². The van der Waals surface area contributed by atoms with Gasteiger partial charge in [0.15, 0.2) is 0 Å². The molecule has 27 heavy (non-hydrogen) atoms. The number of carbonyl (C=O) groups excluding carboxylic acids is 2. The molecule has 2 heterocycles. The number of fused-ring (bicyclic) bond motifs is 1. The van der Waals surface area contributed by atoms with Gasteiger partial charge in [-0.3, -0.25) is 9.59 Å². The van der Waals surface area contributed by atoms with Gasteiger partial charge in [-0.2, -0.15) is 0 Å². The van der Waals surface area contributed by atoms with Crippen LogP contribution in [0.4, 0.5) is 11.4 Å². The molecule has 0 bridgehead atoms.